The van der Waals surface area contributed by atoms with E-state index in [-0.39, 0.29) is 6.54 Å². The predicted molar refractivity (Wildman–Crippen MR) is 92.0 cm³/mol. The van der Waals surface area contributed by atoms with Crippen LogP contribution >= 0.6 is 0 Å². The van der Waals surface area contributed by atoms with E-state index in [1.54, 1.807) is 0 Å². The van der Waals surface area contributed by atoms with E-state index < -0.39 is 26.6 Å². The second kappa shape index (κ2) is 8.22. The predicted octanol–water partition coefficient (Wildman–Crippen LogP) is 0.858. The van der Waals surface area contributed by atoms with Crippen molar-refractivity contribution in [2.45, 2.75) is 18.0 Å². The molecule has 0 aliphatic carbocycles. The van der Waals surface area contributed by atoms with Crippen LogP contribution in [0.25, 0.3) is 0 Å². The molecule has 2 N–H and O–H groups in total. The quantitative estimate of drug-likeness (QED) is 0.778. The number of hydrogen-bond donors (Lipinski definition) is 2. The van der Waals surface area contributed by atoms with Gasteiger partial charge >= 0.3 is 0 Å². The molecule has 1 saturated heterocycles. The van der Waals surface area contributed by atoms with Crippen LogP contribution < -0.4 is 9.62 Å². The van der Waals surface area contributed by atoms with Gasteiger partial charge < -0.3 is 9.64 Å². The summed E-state index contributed by atoms with van der Waals surface area (Å²) in [5.74, 6) is -1.78. The van der Waals surface area contributed by atoms with Gasteiger partial charge in [0.1, 0.15) is 36.2 Å². The minimum absolute atomic E-state index is 0.0121. The average molecular weight is 383 g/mol. The molecule has 1 aliphatic rings. The maximum atomic E-state index is 13.8. The summed E-state index contributed by atoms with van der Waals surface area (Å²) < 4.78 is 59.5. The van der Waals surface area contributed by atoms with Gasteiger partial charge in [-0.2, -0.15) is 0 Å². The molecular formula is C18H21F2N2O3S+. The lowest BCUT2D eigenvalue weighted by atomic mass is 10.1. The molecule has 0 saturated carbocycles. The second-order valence-corrected chi connectivity index (χ2v) is 7.94. The molecule has 0 atom stereocenters. The zero-order valence-corrected chi connectivity index (χ0v) is 15.0. The third-order valence-electron chi connectivity index (χ3n) is 4.39. The SMILES string of the molecule is O=S(=O)(NCc1ccccc1C[NH+]1CCOCC1)c1cc(F)ccc1F. The van der Waals surface area contributed by atoms with Gasteiger partial charge in [-0.1, -0.05) is 24.3 Å². The number of morpholine rings is 1. The van der Waals surface area contributed by atoms with Crippen molar-refractivity contribution in [3.8, 4) is 0 Å². The Morgan fingerprint density at radius 3 is 2.46 bits per heavy atom. The lowest BCUT2D eigenvalue weighted by Crippen LogP contribution is -3.12. The van der Waals surface area contributed by atoms with E-state index >= 15 is 0 Å². The number of hydrogen-bond acceptors (Lipinski definition) is 3. The summed E-state index contributed by atoms with van der Waals surface area (Å²) in [6, 6.07) is 9.88. The summed E-state index contributed by atoms with van der Waals surface area (Å²) in [6.07, 6.45) is 0. The van der Waals surface area contributed by atoms with Crippen LogP contribution in [0.15, 0.2) is 47.4 Å². The van der Waals surface area contributed by atoms with Crippen molar-refractivity contribution in [1.82, 2.24) is 4.72 Å². The first-order chi connectivity index (χ1) is 12.5. The third kappa shape index (κ3) is 4.64. The minimum Gasteiger partial charge on any atom is -0.370 e. The minimum atomic E-state index is -4.15. The Morgan fingerprint density at radius 2 is 1.73 bits per heavy atom. The number of rotatable bonds is 6. The van der Waals surface area contributed by atoms with Crippen LogP contribution in [-0.4, -0.2) is 34.7 Å². The molecule has 0 amide bonds. The van der Waals surface area contributed by atoms with E-state index in [4.69, 9.17) is 4.74 Å². The van der Waals surface area contributed by atoms with Gasteiger partial charge in [-0.25, -0.2) is 21.9 Å². The fourth-order valence-corrected chi connectivity index (χ4v) is 4.04. The summed E-state index contributed by atoms with van der Waals surface area (Å²) in [4.78, 5) is 0.677. The zero-order chi connectivity index (χ0) is 18.6. The zero-order valence-electron chi connectivity index (χ0n) is 14.2. The number of nitrogens with one attached hydrogen (secondary N) is 2. The van der Waals surface area contributed by atoms with Crippen LogP contribution in [0.1, 0.15) is 11.1 Å². The van der Waals surface area contributed by atoms with E-state index in [0.717, 1.165) is 42.9 Å². The smallest absolute Gasteiger partial charge is 0.243 e. The van der Waals surface area contributed by atoms with Crippen molar-refractivity contribution >= 4 is 10.0 Å². The molecule has 140 valence electrons. The largest absolute Gasteiger partial charge is 0.370 e. The highest BCUT2D eigenvalue weighted by Gasteiger charge is 2.21. The first-order valence-corrected chi connectivity index (χ1v) is 9.87. The third-order valence-corrected chi connectivity index (χ3v) is 5.81. The highest BCUT2D eigenvalue weighted by molar-refractivity contribution is 7.89. The topological polar surface area (TPSA) is 59.8 Å². The van der Waals surface area contributed by atoms with Crippen LogP contribution in [-0.2, 0) is 27.8 Å². The van der Waals surface area contributed by atoms with Crippen molar-refractivity contribution < 1.29 is 26.8 Å². The second-order valence-electron chi connectivity index (χ2n) is 6.21. The Kier molecular flexibility index (Phi) is 5.98. The number of halogens is 2. The van der Waals surface area contributed by atoms with Gasteiger partial charge in [0.25, 0.3) is 0 Å². The summed E-state index contributed by atoms with van der Waals surface area (Å²) in [5, 5.41) is 0. The molecular weight excluding hydrogens is 362 g/mol. The Hall–Kier alpha value is -1.87. The molecule has 1 aliphatic heterocycles. The molecule has 0 radical (unpaired) electrons. The first-order valence-electron chi connectivity index (χ1n) is 8.38. The summed E-state index contributed by atoms with van der Waals surface area (Å²) >= 11 is 0. The van der Waals surface area contributed by atoms with Crippen molar-refractivity contribution in [3.63, 3.8) is 0 Å². The van der Waals surface area contributed by atoms with E-state index in [2.05, 4.69) is 4.72 Å². The average Bonchev–Trinajstić information content (AvgIpc) is 2.64. The van der Waals surface area contributed by atoms with Crippen molar-refractivity contribution in [2.24, 2.45) is 0 Å². The molecule has 26 heavy (non-hydrogen) atoms. The van der Waals surface area contributed by atoms with Crippen LogP contribution in [0.5, 0.6) is 0 Å². The van der Waals surface area contributed by atoms with Gasteiger partial charge in [0.05, 0.1) is 13.2 Å². The van der Waals surface area contributed by atoms with Gasteiger partial charge in [-0.05, 0) is 23.8 Å². The first kappa shape index (κ1) is 18.9. The lowest BCUT2D eigenvalue weighted by Gasteiger charge is -2.24. The molecule has 0 unspecified atom stereocenters. The van der Waals surface area contributed by atoms with Crippen molar-refractivity contribution in [3.05, 3.63) is 65.2 Å². The van der Waals surface area contributed by atoms with Gasteiger partial charge in [0.2, 0.25) is 10.0 Å². The number of benzene rings is 2. The molecule has 2 aromatic rings. The van der Waals surface area contributed by atoms with Gasteiger partial charge in [0, 0.05) is 12.1 Å². The number of ether oxygens (including phenoxy) is 1. The standard InChI is InChI=1S/C18H20F2N2O3S/c19-16-5-6-17(20)18(11-16)26(23,24)21-12-14-3-1-2-4-15(14)13-22-7-9-25-10-8-22/h1-6,11,21H,7-10,12-13H2/p+1. The maximum Gasteiger partial charge on any atom is 0.243 e. The molecule has 2 aromatic carbocycles. The summed E-state index contributed by atoms with van der Waals surface area (Å²) in [7, 11) is -4.15. The maximum absolute atomic E-state index is 13.8. The summed E-state index contributed by atoms with van der Waals surface area (Å²) in [6.45, 7) is 3.99. The highest BCUT2D eigenvalue weighted by atomic mass is 32.2. The van der Waals surface area contributed by atoms with Crippen LogP contribution in [0, 0.1) is 11.6 Å². The van der Waals surface area contributed by atoms with Gasteiger partial charge in [-0.3, -0.25) is 0 Å². The number of sulfonamides is 1. The summed E-state index contributed by atoms with van der Waals surface area (Å²) in [5.41, 5.74) is 1.83. The van der Waals surface area contributed by atoms with Crippen LogP contribution in [0.2, 0.25) is 0 Å². The molecule has 3 rings (SSSR count). The fraction of sp³-hybridized carbons (Fsp3) is 0.333. The van der Waals surface area contributed by atoms with Crippen LogP contribution in [0.3, 0.4) is 0 Å². The molecule has 1 fully saturated rings. The van der Waals surface area contributed by atoms with E-state index in [1.807, 2.05) is 24.3 Å². The Bertz CT molecular complexity index is 868. The molecule has 0 spiro atoms. The monoisotopic (exact) mass is 383 g/mol. The Labute approximate surface area is 151 Å². The Morgan fingerprint density at radius 1 is 1.04 bits per heavy atom. The number of quaternary nitrogens is 1. The molecule has 5 nitrogen and oxygen atoms in total. The normalized spacial score (nSPS) is 15.9. The van der Waals surface area contributed by atoms with Gasteiger partial charge in [0.15, 0.2) is 0 Å². The lowest BCUT2D eigenvalue weighted by molar-refractivity contribution is -0.921. The highest BCUT2D eigenvalue weighted by Crippen LogP contribution is 2.16. The molecule has 0 aromatic heterocycles. The van der Waals surface area contributed by atoms with Crippen molar-refractivity contribution in [1.29, 1.82) is 0 Å². The molecule has 0 bridgehead atoms. The molecule has 1 heterocycles. The van der Waals surface area contributed by atoms with E-state index in [1.165, 1.54) is 4.90 Å². The van der Waals surface area contributed by atoms with E-state index in [9.17, 15) is 17.2 Å². The fourth-order valence-electron chi connectivity index (χ4n) is 2.94. The van der Waals surface area contributed by atoms with Crippen LogP contribution in [0.4, 0.5) is 8.78 Å². The Balaban J connectivity index is 1.74. The molecule has 8 heteroatoms. The van der Waals surface area contributed by atoms with E-state index in [0.29, 0.717) is 19.3 Å². The van der Waals surface area contributed by atoms with Gasteiger partial charge in [-0.15, -0.1) is 0 Å². The van der Waals surface area contributed by atoms with Crippen molar-refractivity contribution in [2.75, 3.05) is 26.3 Å².